The number of carbonyl (C=O) groups is 2. The first-order chi connectivity index (χ1) is 10.9. The Morgan fingerprint density at radius 1 is 1.17 bits per heavy atom. The summed E-state index contributed by atoms with van der Waals surface area (Å²) in [6.07, 6.45) is -3.00. The monoisotopic (exact) mass is 329 g/mol. The number of hydrogen-bond donors (Lipinski definition) is 3. The highest BCUT2D eigenvalue weighted by Gasteiger charge is 2.38. The van der Waals surface area contributed by atoms with E-state index in [1.165, 1.54) is 12.1 Å². The smallest absolute Gasteiger partial charge is 0.355 e. The van der Waals surface area contributed by atoms with Gasteiger partial charge in [-0.05, 0) is 30.5 Å². The Morgan fingerprint density at radius 3 is 2.57 bits per heavy atom. The van der Waals surface area contributed by atoms with Crippen molar-refractivity contribution in [1.82, 2.24) is 10.6 Å². The van der Waals surface area contributed by atoms with Crippen LogP contribution in [0.3, 0.4) is 0 Å². The minimum Gasteiger partial charge on any atom is -0.355 e. The van der Waals surface area contributed by atoms with Crippen molar-refractivity contribution in [2.75, 3.05) is 18.4 Å². The molecule has 8 heteroatoms. The van der Waals surface area contributed by atoms with Crippen LogP contribution in [0.5, 0.6) is 0 Å². The lowest BCUT2D eigenvalue weighted by Gasteiger charge is -2.10. The molecule has 2 amide bonds. The second-order valence-electron chi connectivity index (χ2n) is 5.39. The van der Waals surface area contributed by atoms with E-state index in [0.29, 0.717) is 19.6 Å². The lowest BCUT2D eigenvalue weighted by molar-refractivity contribution is -0.167. The van der Waals surface area contributed by atoms with Gasteiger partial charge in [-0.3, -0.25) is 9.59 Å². The van der Waals surface area contributed by atoms with Gasteiger partial charge in [0, 0.05) is 31.2 Å². The second-order valence-corrected chi connectivity index (χ2v) is 5.39. The molecule has 0 heterocycles. The summed E-state index contributed by atoms with van der Waals surface area (Å²) in [4.78, 5) is 22.3. The van der Waals surface area contributed by atoms with Crippen LogP contribution in [0.4, 0.5) is 18.9 Å². The van der Waals surface area contributed by atoms with Crippen molar-refractivity contribution in [1.29, 1.82) is 0 Å². The molecule has 0 saturated heterocycles. The predicted molar refractivity (Wildman–Crippen MR) is 78.6 cm³/mol. The van der Waals surface area contributed by atoms with Crippen LogP contribution < -0.4 is 16.0 Å². The number of alkyl halides is 3. The molecule has 0 unspecified atom stereocenters. The molecule has 1 aliphatic rings. The van der Waals surface area contributed by atoms with Crippen molar-refractivity contribution < 1.29 is 22.8 Å². The third kappa shape index (κ3) is 5.90. The van der Waals surface area contributed by atoms with E-state index in [1.54, 1.807) is 12.1 Å². The maximum Gasteiger partial charge on any atom is 0.471 e. The highest BCUT2D eigenvalue weighted by Crippen LogP contribution is 2.28. The quantitative estimate of drug-likeness (QED) is 0.668. The van der Waals surface area contributed by atoms with Crippen molar-refractivity contribution in [2.24, 2.45) is 5.92 Å². The highest BCUT2D eigenvalue weighted by atomic mass is 19.4. The van der Waals surface area contributed by atoms with Crippen LogP contribution in [0, 0.1) is 5.92 Å². The summed E-state index contributed by atoms with van der Waals surface area (Å²) >= 11 is 0. The molecule has 2 rings (SSSR count). The second kappa shape index (κ2) is 7.45. The number of carbonyl (C=O) groups excluding carboxylic acids is 2. The molecular weight excluding hydrogens is 311 g/mol. The van der Waals surface area contributed by atoms with Gasteiger partial charge < -0.3 is 16.0 Å². The Kier molecular flexibility index (Phi) is 5.59. The van der Waals surface area contributed by atoms with Gasteiger partial charge in [-0.1, -0.05) is 12.1 Å². The molecule has 23 heavy (non-hydrogen) atoms. The summed E-state index contributed by atoms with van der Waals surface area (Å²) in [7, 11) is 0. The topological polar surface area (TPSA) is 70.2 Å². The zero-order chi connectivity index (χ0) is 16.9. The standard InChI is InChI=1S/C15H18F3N3O2/c16-15(17,18)14(23)21-12-3-1-2-10(8-12)9-19-6-7-20-13(22)11-4-5-11/h1-3,8,11,19H,4-7,9H2,(H,20,22)(H,21,23). The Bertz CT molecular complexity index is 571. The van der Waals surface area contributed by atoms with Gasteiger partial charge >= 0.3 is 12.1 Å². The third-order valence-corrected chi connectivity index (χ3v) is 3.32. The van der Waals surface area contributed by atoms with Crippen LogP contribution in [0.25, 0.3) is 0 Å². The lowest BCUT2D eigenvalue weighted by atomic mass is 10.2. The first-order valence-corrected chi connectivity index (χ1v) is 7.32. The average molecular weight is 329 g/mol. The van der Waals surface area contributed by atoms with Gasteiger partial charge in [0.15, 0.2) is 0 Å². The van der Waals surface area contributed by atoms with Crippen LogP contribution in [0.15, 0.2) is 24.3 Å². The molecule has 1 aromatic rings. The number of anilines is 1. The summed E-state index contributed by atoms with van der Waals surface area (Å²) in [5.41, 5.74) is 0.826. The van der Waals surface area contributed by atoms with Crippen molar-refractivity contribution in [3.05, 3.63) is 29.8 Å². The minimum atomic E-state index is -4.91. The molecule has 0 bridgehead atoms. The van der Waals surface area contributed by atoms with Gasteiger partial charge in [-0.25, -0.2) is 0 Å². The normalized spacial score (nSPS) is 14.4. The van der Waals surface area contributed by atoms with Gasteiger partial charge in [0.25, 0.3) is 0 Å². The maximum absolute atomic E-state index is 12.2. The van der Waals surface area contributed by atoms with Crippen molar-refractivity contribution in [3.8, 4) is 0 Å². The Balaban J connectivity index is 1.71. The molecule has 0 spiro atoms. The molecule has 5 nitrogen and oxygen atoms in total. The van der Waals surface area contributed by atoms with Crippen LogP contribution >= 0.6 is 0 Å². The average Bonchev–Trinajstić information content (AvgIpc) is 3.30. The van der Waals surface area contributed by atoms with Crippen molar-refractivity contribution >= 4 is 17.5 Å². The molecule has 0 aliphatic heterocycles. The lowest BCUT2D eigenvalue weighted by Crippen LogP contribution is -2.32. The number of amides is 2. The summed E-state index contributed by atoms with van der Waals surface area (Å²) in [5, 5.41) is 7.69. The third-order valence-electron chi connectivity index (χ3n) is 3.32. The molecule has 1 saturated carbocycles. The number of halogens is 3. The fraction of sp³-hybridized carbons (Fsp3) is 0.467. The van der Waals surface area contributed by atoms with Crippen molar-refractivity contribution in [2.45, 2.75) is 25.6 Å². The van der Waals surface area contributed by atoms with E-state index in [2.05, 4.69) is 10.6 Å². The van der Waals surface area contributed by atoms with Gasteiger partial charge in [-0.2, -0.15) is 13.2 Å². The fourth-order valence-electron chi connectivity index (χ4n) is 1.96. The highest BCUT2D eigenvalue weighted by molar-refractivity contribution is 5.94. The minimum absolute atomic E-state index is 0.0728. The van der Waals surface area contributed by atoms with Crippen LogP contribution in [0.1, 0.15) is 18.4 Å². The van der Waals surface area contributed by atoms with E-state index in [9.17, 15) is 22.8 Å². The molecule has 1 fully saturated rings. The number of hydrogen-bond acceptors (Lipinski definition) is 3. The first-order valence-electron chi connectivity index (χ1n) is 7.32. The molecule has 1 aromatic carbocycles. The number of benzene rings is 1. The fourth-order valence-corrected chi connectivity index (χ4v) is 1.96. The van der Waals surface area contributed by atoms with Gasteiger partial charge in [0.05, 0.1) is 0 Å². The van der Waals surface area contributed by atoms with E-state index in [0.717, 1.165) is 18.4 Å². The molecule has 0 radical (unpaired) electrons. The van der Waals surface area contributed by atoms with Gasteiger partial charge in [0.1, 0.15) is 0 Å². The Morgan fingerprint density at radius 2 is 1.91 bits per heavy atom. The largest absolute Gasteiger partial charge is 0.471 e. The molecule has 3 N–H and O–H groups in total. The maximum atomic E-state index is 12.2. The first kappa shape index (κ1) is 17.3. The van der Waals surface area contributed by atoms with Crippen molar-refractivity contribution in [3.63, 3.8) is 0 Å². The molecule has 0 aromatic heterocycles. The predicted octanol–water partition coefficient (Wildman–Crippen LogP) is 1.80. The molecule has 0 atom stereocenters. The van der Waals surface area contributed by atoms with Crippen LogP contribution in [-0.4, -0.2) is 31.1 Å². The van der Waals surface area contributed by atoms with E-state index in [-0.39, 0.29) is 17.5 Å². The van der Waals surface area contributed by atoms with E-state index >= 15 is 0 Å². The number of nitrogens with one attached hydrogen (secondary N) is 3. The SMILES string of the molecule is O=C(NCCNCc1cccc(NC(=O)C(F)(F)F)c1)C1CC1. The zero-order valence-electron chi connectivity index (χ0n) is 12.4. The van der Waals surface area contributed by atoms with Gasteiger partial charge in [-0.15, -0.1) is 0 Å². The Labute approximate surface area is 131 Å². The summed E-state index contributed by atoms with van der Waals surface area (Å²) in [6.45, 7) is 1.48. The molecule has 1 aliphatic carbocycles. The van der Waals surface area contributed by atoms with E-state index < -0.39 is 12.1 Å². The van der Waals surface area contributed by atoms with Gasteiger partial charge in [0.2, 0.25) is 5.91 Å². The van der Waals surface area contributed by atoms with Crippen LogP contribution in [0.2, 0.25) is 0 Å². The summed E-state index contributed by atoms with van der Waals surface area (Å²) in [6, 6.07) is 6.17. The summed E-state index contributed by atoms with van der Waals surface area (Å²) < 4.78 is 36.6. The van der Waals surface area contributed by atoms with E-state index in [1.807, 2.05) is 5.32 Å². The zero-order valence-corrected chi connectivity index (χ0v) is 12.4. The summed E-state index contributed by atoms with van der Waals surface area (Å²) in [5.74, 6) is -1.75. The number of rotatable bonds is 7. The van der Waals surface area contributed by atoms with Crippen LogP contribution in [-0.2, 0) is 16.1 Å². The molecule has 126 valence electrons. The molecular formula is C15H18F3N3O2. The Hall–Kier alpha value is -2.09. The van der Waals surface area contributed by atoms with E-state index in [4.69, 9.17) is 0 Å².